The first-order chi connectivity index (χ1) is 14.7. The average Bonchev–Trinajstić information content (AvgIpc) is 3.29. The molecule has 0 saturated heterocycles. The van der Waals surface area contributed by atoms with Gasteiger partial charge in [-0.15, -0.1) is 23.1 Å². The predicted octanol–water partition coefficient (Wildman–Crippen LogP) is 6.83. The predicted molar refractivity (Wildman–Crippen MR) is 126 cm³/mol. The number of aromatic nitrogens is 1. The normalized spacial score (nSPS) is 11.7. The van der Waals surface area contributed by atoms with Crippen molar-refractivity contribution in [2.24, 2.45) is 0 Å². The van der Waals surface area contributed by atoms with Crippen LogP contribution in [0.1, 0.15) is 22.5 Å². The van der Waals surface area contributed by atoms with E-state index in [0.29, 0.717) is 16.8 Å². The number of benzene rings is 3. The van der Waals surface area contributed by atoms with Gasteiger partial charge in [-0.1, -0.05) is 66.7 Å². The van der Waals surface area contributed by atoms with Crippen molar-refractivity contribution < 1.29 is 4.79 Å². The quantitative estimate of drug-likeness (QED) is 0.250. The molecule has 0 fully saturated rings. The fraction of sp³-hybridized carbons (Fsp3) is 0.0800. The zero-order valence-electron chi connectivity index (χ0n) is 16.3. The number of hydrogen-bond donors (Lipinski definition) is 0. The zero-order valence-corrected chi connectivity index (χ0v) is 18.0. The lowest BCUT2D eigenvalue weighted by Crippen LogP contribution is -2.01. The molecule has 4 aromatic rings. The third-order valence-electron chi connectivity index (χ3n) is 4.81. The van der Waals surface area contributed by atoms with E-state index in [2.05, 4.69) is 11.1 Å². The summed E-state index contributed by atoms with van der Waals surface area (Å²) in [5.41, 5.74) is 2.76. The van der Waals surface area contributed by atoms with Crippen LogP contribution in [0, 0.1) is 11.3 Å². The van der Waals surface area contributed by atoms with Gasteiger partial charge in [0.05, 0.1) is 11.3 Å². The van der Waals surface area contributed by atoms with Gasteiger partial charge in [0.1, 0.15) is 11.1 Å². The van der Waals surface area contributed by atoms with Crippen LogP contribution < -0.4 is 0 Å². The fourth-order valence-corrected chi connectivity index (χ4v) is 4.68. The number of ketones is 1. The Bertz CT molecular complexity index is 1280. The van der Waals surface area contributed by atoms with Gasteiger partial charge < -0.3 is 0 Å². The minimum absolute atomic E-state index is 0.00337. The summed E-state index contributed by atoms with van der Waals surface area (Å²) >= 11 is 2.93. The maximum atomic E-state index is 13.0. The Labute approximate surface area is 183 Å². The number of rotatable bonds is 6. The first-order valence-electron chi connectivity index (χ1n) is 9.40. The lowest BCUT2D eigenvalue weighted by molar-refractivity contribution is 0.0995. The van der Waals surface area contributed by atoms with Gasteiger partial charge in [0.25, 0.3) is 0 Å². The van der Waals surface area contributed by atoms with E-state index >= 15 is 0 Å². The highest BCUT2D eigenvalue weighted by atomic mass is 32.2. The van der Waals surface area contributed by atoms with E-state index in [4.69, 9.17) is 0 Å². The number of carbonyl (C=O) groups is 1. The lowest BCUT2D eigenvalue weighted by Gasteiger charge is -2.07. The average molecular weight is 427 g/mol. The number of thioether (sulfide) groups is 1. The van der Waals surface area contributed by atoms with Crippen LogP contribution in [0.4, 0.5) is 0 Å². The maximum Gasteiger partial charge on any atom is 0.167 e. The fourth-order valence-electron chi connectivity index (χ4n) is 3.24. The summed E-state index contributed by atoms with van der Waals surface area (Å²) in [7, 11) is 0. The Morgan fingerprint density at radius 3 is 2.50 bits per heavy atom. The molecule has 1 aromatic heterocycles. The van der Waals surface area contributed by atoms with Crippen molar-refractivity contribution in [3.8, 4) is 16.6 Å². The molecule has 1 heterocycles. The van der Waals surface area contributed by atoms with Crippen molar-refractivity contribution in [3.05, 3.63) is 94.3 Å². The van der Waals surface area contributed by atoms with Crippen LogP contribution in [0.15, 0.2) is 83.1 Å². The number of allylic oxidation sites excluding steroid dienone is 2. The monoisotopic (exact) mass is 426 g/mol. The molecule has 0 saturated carbocycles. The Hall–Kier alpha value is -3.20. The maximum absolute atomic E-state index is 13.0. The molecule has 0 aliphatic rings. The largest absolute Gasteiger partial charge is 0.294 e. The number of fused-ring (bicyclic) bond motifs is 1. The number of carbonyl (C=O) groups excluding carboxylic acids is 1. The molecule has 0 bridgehead atoms. The first kappa shape index (κ1) is 20.1. The molecule has 3 aromatic carbocycles. The molecule has 0 aliphatic heterocycles. The van der Waals surface area contributed by atoms with Crippen molar-refractivity contribution in [2.75, 3.05) is 6.26 Å². The van der Waals surface area contributed by atoms with Crippen LogP contribution in [-0.4, -0.2) is 17.0 Å². The molecule has 4 rings (SSSR count). The molecular formula is C25H18N2OS2. The summed E-state index contributed by atoms with van der Waals surface area (Å²) in [5.74, 6) is -0.00337. The van der Waals surface area contributed by atoms with Crippen molar-refractivity contribution in [1.82, 2.24) is 4.98 Å². The first-order valence-corrected chi connectivity index (χ1v) is 11.5. The summed E-state index contributed by atoms with van der Waals surface area (Å²) < 4.78 is 0. The van der Waals surface area contributed by atoms with E-state index in [0.717, 1.165) is 26.2 Å². The van der Waals surface area contributed by atoms with Crippen LogP contribution >= 0.6 is 23.1 Å². The van der Waals surface area contributed by atoms with Gasteiger partial charge >= 0.3 is 0 Å². The third kappa shape index (κ3) is 4.20. The van der Waals surface area contributed by atoms with Gasteiger partial charge in [0.2, 0.25) is 0 Å². The van der Waals surface area contributed by atoms with Crippen molar-refractivity contribution in [2.45, 2.75) is 6.42 Å². The van der Waals surface area contributed by atoms with E-state index in [1.54, 1.807) is 0 Å². The van der Waals surface area contributed by atoms with Crippen LogP contribution in [-0.2, 0) is 0 Å². The molecule has 146 valence electrons. The molecule has 0 N–H and O–H groups in total. The second kappa shape index (κ2) is 9.08. The van der Waals surface area contributed by atoms with Crippen LogP contribution in [0.3, 0.4) is 0 Å². The number of thiazole rings is 1. The molecule has 0 radical (unpaired) electrons. The van der Waals surface area contributed by atoms with Crippen molar-refractivity contribution in [3.63, 3.8) is 0 Å². The highest BCUT2D eigenvalue weighted by Crippen LogP contribution is 2.32. The highest BCUT2D eigenvalue weighted by molar-refractivity contribution is 8.02. The van der Waals surface area contributed by atoms with Gasteiger partial charge in [-0.05, 0) is 23.1 Å². The van der Waals surface area contributed by atoms with Crippen LogP contribution in [0.25, 0.3) is 26.9 Å². The van der Waals surface area contributed by atoms with Crippen LogP contribution in [0.5, 0.6) is 0 Å². The summed E-state index contributed by atoms with van der Waals surface area (Å²) in [4.78, 5) is 18.4. The van der Waals surface area contributed by atoms with E-state index < -0.39 is 0 Å². The molecule has 3 nitrogen and oxygen atoms in total. The second-order valence-corrected chi connectivity index (χ2v) is 8.44. The van der Waals surface area contributed by atoms with Crippen molar-refractivity contribution >= 4 is 45.2 Å². The molecule has 0 aliphatic carbocycles. The van der Waals surface area contributed by atoms with Gasteiger partial charge in [-0.25, -0.2) is 4.98 Å². The number of hydrogen-bond acceptors (Lipinski definition) is 5. The minimum Gasteiger partial charge on any atom is -0.294 e. The van der Waals surface area contributed by atoms with Gasteiger partial charge in [0, 0.05) is 27.8 Å². The summed E-state index contributed by atoms with van der Waals surface area (Å²) in [6.45, 7) is 0. The van der Waals surface area contributed by atoms with Crippen LogP contribution in [0.2, 0.25) is 0 Å². The lowest BCUT2D eigenvalue weighted by atomic mass is 10.0. The number of Topliss-reactive ketones (excluding diaryl/α,β-unsaturated/α-hetero) is 1. The molecule has 0 spiro atoms. The van der Waals surface area contributed by atoms with E-state index in [-0.39, 0.29) is 12.2 Å². The molecule has 0 atom stereocenters. The van der Waals surface area contributed by atoms with Gasteiger partial charge in [-0.2, -0.15) is 5.26 Å². The summed E-state index contributed by atoms with van der Waals surface area (Å²) in [5, 5.41) is 14.7. The highest BCUT2D eigenvalue weighted by Gasteiger charge is 2.17. The van der Waals surface area contributed by atoms with E-state index in [1.165, 1.54) is 23.1 Å². The summed E-state index contributed by atoms with van der Waals surface area (Å²) in [6.07, 6.45) is 2.07. The topological polar surface area (TPSA) is 53.8 Å². The molecule has 0 unspecified atom stereocenters. The third-order valence-corrected chi connectivity index (χ3v) is 6.54. The van der Waals surface area contributed by atoms with E-state index in [9.17, 15) is 10.1 Å². The molecule has 0 amide bonds. The molecular weight excluding hydrogens is 408 g/mol. The number of nitriles is 1. The summed E-state index contributed by atoms with van der Waals surface area (Å²) in [6, 6.07) is 25.9. The Morgan fingerprint density at radius 2 is 1.77 bits per heavy atom. The minimum atomic E-state index is -0.00337. The molecule has 5 heteroatoms. The smallest absolute Gasteiger partial charge is 0.167 e. The van der Waals surface area contributed by atoms with Gasteiger partial charge in [0.15, 0.2) is 5.78 Å². The SMILES string of the molecule is CS/C(CC(=O)c1ccc2ccccc2c1)=C(\C#N)c1csc(-c2ccccc2)n1. The Balaban J connectivity index is 1.64. The standard InChI is InChI=1S/C25H18N2OS2/c1-29-24(14-23(28)20-12-11-17-7-5-6-10-19(17)13-20)21(15-26)22-16-30-25(27-22)18-8-3-2-4-9-18/h2-13,16H,14H2,1H3/b24-21+. The second-order valence-electron chi connectivity index (χ2n) is 6.68. The van der Waals surface area contributed by atoms with Crippen molar-refractivity contribution in [1.29, 1.82) is 5.26 Å². The zero-order chi connectivity index (χ0) is 20.9. The Morgan fingerprint density at radius 1 is 1.03 bits per heavy atom. The van der Waals surface area contributed by atoms with Gasteiger partial charge in [-0.3, -0.25) is 4.79 Å². The number of nitrogens with zero attached hydrogens (tertiary/aromatic N) is 2. The van der Waals surface area contributed by atoms with E-state index in [1.807, 2.05) is 84.4 Å². The Kier molecular flexibility index (Phi) is 6.08. The molecule has 30 heavy (non-hydrogen) atoms.